The van der Waals surface area contributed by atoms with Crippen molar-refractivity contribution in [3.8, 4) is 11.5 Å². The van der Waals surface area contributed by atoms with E-state index < -0.39 is 0 Å². The van der Waals surface area contributed by atoms with Gasteiger partial charge in [-0.15, -0.1) is 0 Å². The fourth-order valence-corrected chi connectivity index (χ4v) is 2.83. The van der Waals surface area contributed by atoms with Gasteiger partial charge in [-0.25, -0.2) is 0 Å². The van der Waals surface area contributed by atoms with E-state index in [-0.39, 0.29) is 25.2 Å². The molecular formula is C20H23N3O4. The first kappa shape index (κ1) is 18.7. The first-order valence-electron chi connectivity index (χ1n) is 8.70. The lowest BCUT2D eigenvalue weighted by atomic mass is 10.1. The average Bonchev–Trinajstić information content (AvgIpc) is 3.14. The molecule has 27 heavy (non-hydrogen) atoms. The Morgan fingerprint density at radius 1 is 1.04 bits per heavy atom. The quantitative estimate of drug-likeness (QED) is 0.774. The van der Waals surface area contributed by atoms with Gasteiger partial charge >= 0.3 is 0 Å². The zero-order chi connectivity index (χ0) is 19.2. The van der Waals surface area contributed by atoms with Crippen molar-refractivity contribution in [2.24, 2.45) is 0 Å². The molecule has 0 atom stereocenters. The van der Waals surface area contributed by atoms with E-state index in [0.29, 0.717) is 24.4 Å². The number of carbonyl (C=O) groups is 2. The molecule has 2 amide bonds. The Hall–Kier alpha value is -3.06. The van der Waals surface area contributed by atoms with Crippen LogP contribution in [0, 0.1) is 0 Å². The molecule has 7 heteroatoms. The summed E-state index contributed by atoms with van der Waals surface area (Å²) >= 11 is 0. The lowest BCUT2D eigenvalue weighted by Gasteiger charge is -2.16. The number of nitrogens with zero attached hydrogens (tertiary/aromatic N) is 1. The Kier molecular flexibility index (Phi) is 5.93. The Morgan fingerprint density at radius 2 is 1.74 bits per heavy atom. The summed E-state index contributed by atoms with van der Waals surface area (Å²) in [5.41, 5.74) is 2.61. The third-order valence-corrected chi connectivity index (χ3v) is 4.24. The molecule has 0 saturated carbocycles. The van der Waals surface area contributed by atoms with E-state index in [0.717, 1.165) is 16.9 Å². The fourth-order valence-electron chi connectivity index (χ4n) is 2.83. The number of hydrogen-bond acceptors (Lipinski definition) is 5. The molecule has 0 saturated heterocycles. The molecule has 1 heterocycles. The van der Waals surface area contributed by atoms with Crippen LogP contribution in [0.15, 0.2) is 42.5 Å². The van der Waals surface area contributed by atoms with Crippen molar-refractivity contribution in [2.75, 3.05) is 27.4 Å². The van der Waals surface area contributed by atoms with Crippen molar-refractivity contribution >= 4 is 11.8 Å². The molecule has 0 fully saturated rings. The van der Waals surface area contributed by atoms with Gasteiger partial charge in [0, 0.05) is 25.7 Å². The van der Waals surface area contributed by atoms with E-state index >= 15 is 0 Å². The summed E-state index contributed by atoms with van der Waals surface area (Å²) in [4.78, 5) is 25.6. The molecule has 0 bridgehead atoms. The molecule has 0 spiro atoms. The topological polar surface area (TPSA) is 79.9 Å². The largest absolute Gasteiger partial charge is 0.454 e. The van der Waals surface area contributed by atoms with Crippen LogP contribution < -0.4 is 20.1 Å². The zero-order valence-electron chi connectivity index (χ0n) is 15.5. The Labute approximate surface area is 158 Å². The number of ether oxygens (including phenoxy) is 2. The standard InChI is InChI=1S/C20H23N3O4/c1-21-20(25)16-6-3-14(4-7-16)11-23(2)12-19(24)22-10-15-5-8-17-18(9-15)27-13-26-17/h3-9H,10-13H2,1-2H3,(H,21,25)(H,22,24). The van der Waals surface area contributed by atoms with Crippen molar-refractivity contribution in [2.45, 2.75) is 13.1 Å². The second kappa shape index (κ2) is 8.55. The van der Waals surface area contributed by atoms with Gasteiger partial charge in [0.05, 0.1) is 6.54 Å². The van der Waals surface area contributed by atoms with E-state index in [9.17, 15) is 9.59 Å². The van der Waals surface area contributed by atoms with Crippen LogP contribution in [0.4, 0.5) is 0 Å². The highest BCUT2D eigenvalue weighted by molar-refractivity contribution is 5.93. The molecule has 3 rings (SSSR count). The monoisotopic (exact) mass is 369 g/mol. The van der Waals surface area contributed by atoms with Gasteiger partial charge in [-0.1, -0.05) is 18.2 Å². The van der Waals surface area contributed by atoms with E-state index in [1.165, 1.54) is 0 Å². The van der Waals surface area contributed by atoms with Crippen LogP contribution in [-0.4, -0.2) is 44.1 Å². The van der Waals surface area contributed by atoms with Crippen LogP contribution >= 0.6 is 0 Å². The molecule has 0 radical (unpaired) electrons. The van der Waals surface area contributed by atoms with Gasteiger partial charge in [0.15, 0.2) is 11.5 Å². The maximum Gasteiger partial charge on any atom is 0.251 e. The van der Waals surface area contributed by atoms with Crippen LogP contribution in [0.1, 0.15) is 21.5 Å². The van der Waals surface area contributed by atoms with Gasteiger partial charge in [-0.05, 0) is 42.4 Å². The highest BCUT2D eigenvalue weighted by atomic mass is 16.7. The third-order valence-electron chi connectivity index (χ3n) is 4.24. The normalized spacial score (nSPS) is 12.1. The van der Waals surface area contributed by atoms with Crippen LogP contribution in [0.2, 0.25) is 0 Å². The number of likely N-dealkylation sites (N-methyl/N-ethyl adjacent to an activating group) is 1. The summed E-state index contributed by atoms with van der Waals surface area (Å²) in [6, 6.07) is 13.0. The Morgan fingerprint density at radius 3 is 2.48 bits per heavy atom. The molecule has 0 aliphatic carbocycles. The first-order chi connectivity index (χ1) is 13.0. The Balaban J connectivity index is 1.45. The molecule has 0 unspecified atom stereocenters. The van der Waals surface area contributed by atoms with E-state index in [2.05, 4.69) is 10.6 Å². The predicted octanol–water partition coefficient (Wildman–Crippen LogP) is 1.52. The maximum absolute atomic E-state index is 12.2. The molecule has 142 valence electrons. The minimum Gasteiger partial charge on any atom is -0.454 e. The minimum atomic E-state index is -0.113. The van der Waals surface area contributed by atoms with Gasteiger partial charge in [0.25, 0.3) is 5.91 Å². The lowest BCUT2D eigenvalue weighted by Crippen LogP contribution is -2.34. The molecular weight excluding hydrogens is 346 g/mol. The highest BCUT2D eigenvalue weighted by Crippen LogP contribution is 2.32. The minimum absolute atomic E-state index is 0.0582. The summed E-state index contributed by atoms with van der Waals surface area (Å²) in [7, 11) is 3.49. The Bertz CT molecular complexity index is 820. The highest BCUT2D eigenvalue weighted by Gasteiger charge is 2.14. The van der Waals surface area contributed by atoms with Crippen LogP contribution in [-0.2, 0) is 17.9 Å². The number of nitrogens with one attached hydrogen (secondary N) is 2. The number of benzene rings is 2. The van der Waals surface area contributed by atoms with Gasteiger partial charge in [-0.2, -0.15) is 0 Å². The first-order valence-corrected chi connectivity index (χ1v) is 8.70. The van der Waals surface area contributed by atoms with Crippen molar-refractivity contribution in [1.29, 1.82) is 0 Å². The van der Waals surface area contributed by atoms with Gasteiger partial charge in [0.1, 0.15) is 0 Å². The van der Waals surface area contributed by atoms with Crippen molar-refractivity contribution in [3.05, 3.63) is 59.2 Å². The number of fused-ring (bicyclic) bond motifs is 1. The average molecular weight is 369 g/mol. The summed E-state index contributed by atoms with van der Waals surface area (Å²) in [5, 5.41) is 5.50. The second-order valence-corrected chi connectivity index (χ2v) is 6.41. The molecule has 1 aliphatic rings. The number of hydrogen-bond donors (Lipinski definition) is 2. The van der Waals surface area contributed by atoms with Gasteiger partial charge in [-0.3, -0.25) is 14.5 Å². The SMILES string of the molecule is CNC(=O)c1ccc(CN(C)CC(=O)NCc2ccc3c(c2)OCO3)cc1. The molecule has 1 aliphatic heterocycles. The van der Waals surface area contributed by atoms with Crippen molar-refractivity contribution in [1.82, 2.24) is 15.5 Å². The molecule has 7 nitrogen and oxygen atoms in total. The molecule has 2 aromatic carbocycles. The summed E-state index contributed by atoms with van der Waals surface area (Å²) in [6.07, 6.45) is 0. The van der Waals surface area contributed by atoms with Crippen molar-refractivity contribution in [3.63, 3.8) is 0 Å². The zero-order valence-corrected chi connectivity index (χ0v) is 15.5. The summed E-state index contributed by atoms with van der Waals surface area (Å²) in [5.74, 6) is 1.27. The van der Waals surface area contributed by atoms with E-state index in [1.54, 1.807) is 19.2 Å². The van der Waals surface area contributed by atoms with Crippen LogP contribution in [0.3, 0.4) is 0 Å². The molecule has 2 aromatic rings. The maximum atomic E-state index is 12.2. The van der Waals surface area contributed by atoms with Crippen LogP contribution in [0.5, 0.6) is 11.5 Å². The van der Waals surface area contributed by atoms with Crippen molar-refractivity contribution < 1.29 is 19.1 Å². The smallest absolute Gasteiger partial charge is 0.251 e. The van der Waals surface area contributed by atoms with E-state index in [4.69, 9.17) is 9.47 Å². The van der Waals surface area contributed by atoms with Gasteiger partial charge < -0.3 is 20.1 Å². The summed E-state index contributed by atoms with van der Waals surface area (Å²) in [6.45, 7) is 1.57. The summed E-state index contributed by atoms with van der Waals surface area (Å²) < 4.78 is 10.6. The lowest BCUT2D eigenvalue weighted by molar-refractivity contribution is -0.122. The second-order valence-electron chi connectivity index (χ2n) is 6.41. The van der Waals surface area contributed by atoms with Crippen LogP contribution in [0.25, 0.3) is 0 Å². The number of carbonyl (C=O) groups excluding carboxylic acids is 2. The number of rotatable bonds is 7. The number of amides is 2. The van der Waals surface area contributed by atoms with Gasteiger partial charge in [0.2, 0.25) is 12.7 Å². The third kappa shape index (κ3) is 4.98. The van der Waals surface area contributed by atoms with E-state index in [1.807, 2.05) is 42.3 Å². The fraction of sp³-hybridized carbons (Fsp3) is 0.300. The predicted molar refractivity (Wildman–Crippen MR) is 101 cm³/mol. The molecule has 0 aromatic heterocycles. The molecule has 2 N–H and O–H groups in total.